The highest BCUT2D eigenvalue weighted by molar-refractivity contribution is 6.30. The summed E-state index contributed by atoms with van der Waals surface area (Å²) in [5, 5.41) is 0.393. The van der Waals surface area contributed by atoms with E-state index < -0.39 is 0 Å². The van der Waals surface area contributed by atoms with Crippen molar-refractivity contribution in [1.82, 2.24) is 9.55 Å². The lowest BCUT2D eigenvalue weighted by Crippen LogP contribution is -1.86. The zero-order valence-electron chi connectivity index (χ0n) is 8.46. The molecule has 0 aliphatic carbocycles. The molecule has 0 saturated carbocycles. The molecule has 0 spiro atoms. The summed E-state index contributed by atoms with van der Waals surface area (Å²) in [5.74, 6) is 0.500. The zero-order valence-corrected chi connectivity index (χ0v) is 9.22. The van der Waals surface area contributed by atoms with Crippen LogP contribution < -0.4 is 0 Å². The lowest BCUT2D eigenvalue weighted by atomic mass is 10.1. The van der Waals surface area contributed by atoms with E-state index in [0.717, 1.165) is 5.82 Å². The number of aryl methyl sites for hydroxylation is 2. The molecule has 2 rings (SSSR count). The summed E-state index contributed by atoms with van der Waals surface area (Å²) in [6.07, 6.45) is 1.79. The van der Waals surface area contributed by atoms with Crippen LogP contribution in [0.15, 0.2) is 24.4 Å². The summed E-state index contributed by atoms with van der Waals surface area (Å²) >= 11 is 5.68. The van der Waals surface area contributed by atoms with Gasteiger partial charge in [-0.15, -0.1) is 0 Å². The van der Waals surface area contributed by atoms with Crippen molar-refractivity contribution in [1.29, 1.82) is 0 Å². The Morgan fingerprint density at radius 2 is 2.13 bits per heavy atom. The van der Waals surface area contributed by atoms with Crippen LogP contribution in [-0.2, 0) is 7.05 Å². The molecule has 0 fully saturated rings. The Bertz CT molecular complexity index is 486. The number of hydrogen-bond donors (Lipinski definition) is 0. The van der Waals surface area contributed by atoms with Gasteiger partial charge in [0.25, 0.3) is 0 Å². The third-order valence-electron chi connectivity index (χ3n) is 2.32. The lowest BCUT2D eigenvalue weighted by Gasteiger charge is -1.98. The number of rotatable bonds is 1. The third kappa shape index (κ3) is 1.88. The lowest BCUT2D eigenvalue weighted by molar-refractivity contribution is 0.631. The van der Waals surface area contributed by atoms with E-state index in [4.69, 9.17) is 11.6 Å². The molecule has 0 N–H and O–H groups in total. The molecule has 0 amide bonds. The van der Waals surface area contributed by atoms with E-state index in [0.29, 0.717) is 16.3 Å². The summed E-state index contributed by atoms with van der Waals surface area (Å²) in [6.45, 7) is 1.87. The second kappa shape index (κ2) is 3.66. The Hall–Kier alpha value is -1.35. The first-order valence-corrected chi connectivity index (χ1v) is 4.91. The molecule has 0 radical (unpaired) electrons. The summed E-state index contributed by atoms with van der Waals surface area (Å²) < 4.78 is 15.4. The summed E-state index contributed by atoms with van der Waals surface area (Å²) in [5.41, 5.74) is 1.10. The van der Waals surface area contributed by atoms with Crippen molar-refractivity contribution in [3.05, 3.63) is 41.1 Å². The Labute approximate surface area is 92.3 Å². The van der Waals surface area contributed by atoms with Gasteiger partial charge < -0.3 is 4.57 Å². The molecule has 0 bridgehead atoms. The van der Waals surface area contributed by atoms with Crippen molar-refractivity contribution >= 4 is 11.6 Å². The second-order valence-corrected chi connectivity index (χ2v) is 3.84. The zero-order chi connectivity index (χ0) is 11.0. The van der Waals surface area contributed by atoms with E-state index in [1.807, 2.05) is 18.5 Å². The van der Waals surface area contributed by atoms with Gasteiger partial charge in [0, 0.05) is 23.8 Å². The maximum Gasteiger partial charge on any atom is 0.134 e. The van der Waals surface area contributed by atoms with Gasteiger partial charge in [-0.3, -0.25) is 0 Å². The predicted octanol–water partition coefficient (Wildman–Crippen LogP) is 3.19. The summed E-state index contributed by atoms with van der Waals surface area (Å²) in [4.78, 5) is 4.25. The van der Waals surface area contributed by atoms with E-state index in [1.54, 1.807) is 18.3 Å². The van der Waals surface area contributed by atoms with Crippen molar-refractivity contribution in [2.24, 2.45) is 7.05 Å². The van der Waals surface area contributed by atoms with Crippen LogP contribution in [0.2, 0.25) is 5.02 Å². The molecule has 78 valence electrons. The minimum Gasteiger partial charge on any atom is -0.338 e. The number of benzene rings is 1. The van der Waals surface area contributed by atoms with Gasteiger partial charge in [-0.2, -0.15) is 0 Å². The molecular weight excluding hydrogens is 215 g/mol. The van der Waals surface area contributed by atoms with Gasteiger partial charge in [-0.05, 0) is 25.1 Å². The Balaban J connectivity index is 2.54. The molecule has 2 aromatic rings. The van der Waals surface area contributed by atoms with Gasteiger partial charge in [0.15, 0.2) is 0 Å². The first kappa shape index (κ1) is 10.2. The number of hydrogen-bond acceptors (Lipinski definition) is 1. The maximum atomic E-state index is 13.5. The average Bonchev–Trinajstić information content (AvgIpc) is 2.46. The number of imidazole rings is 1. The first-order chi connectivity index (χ1) is 7.08. The molecule has 0 atom stereocenters. The van der Waals surface area contributed by atoms with Gasteiger partial charge >= 0.3 is 0 Å². The number of aromatic nitrogens is 2. The first-order valence-electron chi connectivity index (χ1n) is 4.53. The fourth-order valence-electron chi connectivity index (χ4n) is 1.39. The quantitative estimate of drug-likeness (QED) is 0.728. The van der Waals surface area contributed by atoms with Crippen LogP contribution in [0, 0.1) is 12.7 Å². The van der Waals surface area contributed by atoms with Crippen LogP contribution in [0.5, 0.6) is 0 Å². The fourth-order valence-corrected chi connectivity index (χ4v) is 1.54. The van der Waals surface area contributed by atoms with Crippen LogP contribution in [0.25, 0.3) is 11.3 Å². The van der Waals surface area contributed by atoms with Crippen LogP contribution in [-0.4, -0.2) is 9.55 Å². The topological polar surface area (TPSA) is 17.8 Å². The molecule has 1 aromatic heterocycles. The third-order valence-corrected chi connectivity index (χ3v) is 2.55. The van der Waals surface area contributed by atoms with Gasteiger partial charge in [0.1, 0.15) is 11.6 Å². The van der Waals surface area contributed by atoms with Crippen LogP contribution in [0.3, 0.4) is 0 Å². The van der Waals surface area contributed by atoms with Gasteiger partial charge in [0.05, 0.1) is 5.69 Å². The van der Waals surface area contributed by atoms with Crippen LogP contribution in [0.1, 0.15) is 5.82 Å². The van der Waals surface area contributed by atoms with Crippen molar-refractivity contribution in [2.45, 2.75) is 6.92 Å². The van der Waals surface area contributed by atoms with E-state index in [9.17, 15) is 4.39 Å². The Morgan fingerprint density at radius 1 is 1.40 bits per heavy atom. The van der Waals surface area contributed by atoms with Crippen molar-refractivity contribution in [3.63, 3.8) is 0 Å². The molecule has 0 saturated heterocycles. The summed E-state index contributed by atoms with van der Waals surface area (Å²) in [6, 6.07) is 4.59. The molecule has 1 heterocycles. The Morgan fingerprint density at radius 3 is 2.67 bits per heavy atom. The average molecular weight is 225 g/mol. The maximum absolute atomic E-state index is 13.5. The highest BCUT2D eigenvalue weighted by Crippen LogP contribution is 2.24. The van der Waals surface area contributed by atoms with E-state index in [1.165, 1.54) is 6.07 Å². The van der Waals surface area contributed by atoms with Crippen LogP contribution >= 0.6 is 11.6 Å². The van der Waals surface area contributed by atoms with Crippen molar-refractivity contribution < 1.29 is 4.39 Å². The molecule has 2 nitrogen and oxygen atoms in total. The minimum absolute atomic E-state index is 0.347. The molecule has 0 unspecified atom stereocenters. The largest absolute Gasteiger partial charge is 0.338 e. The minimum atomic E-state index is -0.347. The Kier molecular flexibility index (Phi) is 2.49. The highest BCUT2D eigenvalue weighted by Gasteiger charge is 2.09. The molecular formula is C11H10ClFN2. The normalized spacial score (nSPS) is 10.7. The fraction of sp³-hybridized carbons (Fsp3) is 0.182. The van der Waals surface area contributed by atoms with E-state index in [2.05, 4.69) is 4.98 Å². The molecule has 4 heteroatoms. The number of nitrogens with zero attached hydrogens (tertiary/aromatic N) is 2. The summed E-state index contributed by atoms with van der Waals surface area (Å²) in [7, 11) is 1.87. The smallest absolute Gasteiger partial charge is 0.134 e. The molecule has 0 aliphatic rings. The van der Waals surface area contributed by atoms with Gasteiger partial charge in [-0.1, -0.05) is 11.6 Å². The van der Waals surface area contributed by atoms with Gasteiger partial charge in [-0.25, -0.2) is 9.37 Å². The molecule has 0 aliphatic heterocycles. The molecule has 1 aromatic carbocycles. The monoisotopic (exact) mass is 224 g/mol. The van der Waals surface area contributed by atoms with Gasteiger partial charge in [0.2, 0.25) is 0 Å². The molecule has 15 heavy (non-hydrogen) atoms. The number of halogens is 2. The van der Waals surface area contributed by atoms with E-state index >= 15 is 0 Å². The van der Waals surface area contributed by atoms with Crippen molar-refractivity contribution in [3.8, 4) is 11.3 Å². The van der Waals surface area contributed by atoms with E-state index in [-0.39, 0.29) is 5.82 Å². The highest BCUT2D eigenvalue weighted by atomic mass is 35.5. The standard InChI is InChI=1S/C11H10ClFN2/c1-7-14-11(6-15(7)2)9-4-3-8(12)5-10(9)13/h3-6H,1-2H3. The predicted molar refractivity (Wildman–Crippen MR) is 58.3 cm³/mol. The van der Waals surface area contributed by atoms with Crippen LogP contribution in [0.4, 0.5) is 4.39 Å². The SMILES string of the molecule is Cc1nc(-c2ccc(Cl)cc2F)cn1C. The second-order valence-electron chi connectivity index (χ2n) is 3.41. The van der Waals surface area contributed by atoms with Crippen molar-refractivity contribution in [2.75, 3.05) is 0 Å².